The first-order chi connectivity index (χ1) is 10.5. The molecule has 0 unspecified atom stereocenters. The smallest absolute Gasteiger partial charge is 0.253 e. The molecule has 0 aliphatic rings. The summed E-state index contributed by atoms with van der Waals surface area (Å²) in [4.78, 5) is 12.4. The Morgan fingerprint density at radius 3 is 2.50 bits per heavy atom. The van der Waals surface area contributed by atoms with E-state index in [0.717, 1.165) is 22.3 Å². The van der Waals surface area contributed by atoms with Crippen molar-refractivity contribution in [2.24, 2.45) is 0 Å². The fourth-order valence-electron chi connectivity index (χ4n) is 2.15. The van der Waals surface area contributed by atoms with Crippen LogP contribution < -0.4 is 5.32 Å². The van der Waals surface area contributed by atoms with Crippen molar-refractivity contribution < 1.29 is 4.79 Å². The lowest BCUT2D eigenvalue weighted by molar-refractivity contribution is 0.0951. The van der Waals surface area contributed by atoms with Gasteiger partial charge < -0.3 is 5.32 Å². The fourth-order valence-corrected chi connectivity index (χ4v) is 2.41. The van der Waals surface area contributed by atoms with Gasteiger partial charge in [-0.05, 0) is 29.7 Å². The van der Waals surface area contributed by atoms with Gasteiger partial charge in [0, 0.05) is 6.54 Å². The number of nitrogens with one attached hydrogen (secondary N) is 1. The topological polar surface area (TPSA) is 29.1 Å². The SMILES string of the molecule is C=Cc1ccc(CNC(=O)c2c(Cl)cccc2C(=C)C)cc1. The van der Waals surface area contributed by atoms with E-state index in [0.29, 0.717) is 17.1 Å². The van der Waals surface area contributed by atoms with Gasteiger partial charge in [0.25, 0.3) is 5.91 Å². The summed E-state index contributed by atoms with van der Waals surface area (Å²) in [6.07, 6.45) is 1.78. The predicted molar refractivity (Wildman–Crippen MR) is 93.9 cm³/mol. The molecule has 22 heavy (non-hydrogen) atoms. The van der Waals surface area contributed by atoms with Crippen LogP contribution in [0.1, 0.15) is 34.0 Å². The molecule has 2 rings (SSSR count). The number of rotatable bonds is 5. The summed E-state index contributed by atoms with van der Waals surface area (Å²) in [6, 6.07) is 13.2. The van der Waals surface area contributed by atoms with Crippen LogP contribution in [0.15, 0.2) is 55.6 Å². The van der Waals surface area contributed by atoms with Gasteiger partial charge in [0.1, 0.15) is 0 Å². The highest BCUT2D eigenvalue weighted by molar-refractivity contribution is 6.34. The Balaban J connectivity index is 2.15. The Morgan fingerprint density at radius 2 is 1.91 bits per heavy atom. The molecule has 0 aliphatic heterocycles. The van der Waals surface area contributed by atoms with Crippen LogP contribution in [0.5, 0.6) is 0 Å². The third-order valence-electron chi connectivity index (χ3n) is 3.37. The highest BCUT2D eigenvalue weighted by Gasteiger charge is 2.15. The van der Waals surface area contributed by atoms with Crippen LogP contribution in [0.25, 0.3) is 11.6 Å². The summed E-state index contributed by atoms with van der Waals surface area (Å²) in [5.74, 6) is -0.198. The van der Waals surface area contributed by atoms with Gasteiger partial charge >= 0.3 is 0 Å². The van der Waals surface area contributed by atoms with Crippen LogP contribution in [0, 0.1) is 0 Å². The third-order valence-corrected chi connectivity index (χ3v) is 3.68. The van der Waals surface area contributed by atoms with Crippen molar-refractivity contribution in [3.05, 3.63) is 82.9 Å². The summed E-state index contributed by atoms with van der Waals surface area (Å²) in [6.45, 7) is 9.92. The van der Waals surface area contributed by atoms with Crippen molar-refractivity contribution in [3.8, 4) is 0 Å². The lowest BCUT2D eigenvalue weighted by atomic mass is 10.0. The van der Waals surface area contributed by atoms with E-state index in [1.165, 1.54) is 0 Å². The molecule has 2 aromatic carbocycles. The standard InChI is InChI=1S/C19H18ClNO/c1-4-14-8-10-15(11-9-14)12-21-19(22)18-16(13(2)3)6-5-7-17(18)20/h4-11H,1-2,12H2,3H3,(H,21,22). The maximum absolute atomic E-state index is 12.4. The molecule has 0 saturated carbocycles. The van der Waals surface area contributed by atoms with Crippen LogP contribution in [0.4, 0.5) is 0 Å². The molecule has 0 fully saturated rings. The van der Waals surface area contributed by atoms with Crippen molar-refractivity contribution in [2.45, 2.75) is 13.5 Å². The second kappa shape index (κ2) is 7.10. The molecule has 1 N–H and O–H groups in total. The Bertz CT molecular complexity index is 717. The molecule has 112 valence electrons. The quantitative estimate of drug-likeness (QED) is 0.832. The van der Waals surface area contributed by atoms with Gasteiger partial charge in [0.15, 0.2) is 0 Å². The third kappa shape index (κ3) is 3.66. The molecule has 0 radical (unpaired) electrons. The highest BCUT2D eigenvalue weighted by Crippen LogP contribution is 2.24. The number of halogens is 1. The summed E-state index contributed by atoms with van der Waals surface area (Å²) < 4.78 is 0. The van der Waals surface area contributed by atoms with Crippen LogP contribution in [-0.2, 0) is 6.54 Å². The zero-order valence-corrected chi connectivity index (χ0v) is 13.3. The van der Waals surface area contributed by atoms with Gasteiger partial charge in [0.2, 0.25) is 0 Å². The number of allylic oxidation sites excluding steroid dienone is 1. The van der Waals surface area contributed by atoms with E-state index in [2.05, 4.69) is 18.5 Å². The largest absolute Gasteiger partial charge is 0.348 e. The molecule has 3 heteroatoms. The monoisotopic (exact) mass is 311 g/mol. The second-order valence-electron chi connectivity index (χ2n) is 5.07. The predicted octanol–water partition coefficient (Wildman–Crippen LogP) is 4.95. The summed E-state index contributed by atoms with van der Waals surface area (Å²) >= 11 is 6.18. The van der Waals surface area contributed by atoms with Crippen molar-refractivity contribution in [2.75, 3.05) is 0 Å². The minimum atomic E-state index is -0.198. The number of carbonyl (C=O) groups excluding carboxylic acids is 1. The van der Waals surface area contributed by atoms with E-state index in [1.807, 2.05) is 43.3 Å². The van der Waals surface area contributed by atoms with Crippen molar-refractivity contribution in [3.63, 3.8) is 0 Å². The molecule has 0 spiro atoms. The molecule has 0 aliphatic carbocycles. The summed E-state index contributed by atoms with van der Waals surface area (Å²) in [7, 11) is 0. The first kappa shape index (κ1) is 16.1. The molecule has 0 aromatic heterocycles. The van der Waals surface area contributed by atoms with Gasteiger partial charge in [-0.3, -0.25) is 4.79 Å². The van der Waals surface area contributed by atoms with E-state index < -0.39 is 0 Å². The maximum atomic E-state index is 12.4. The van der Waals surface area contributed by atoms with E-state index in [1.54, 1.807) is 12.1 Å². The lowest BCUT2D eigenvalue weighted by Gasteiger charge is -2.12. The van der Waals surface area contributed by atoms with E-state index >= 15 is 0 Å². The summed E-state index contributed by atoms with van der Waals surface area (Å²) in [5, 5.41) is 3.33. The van der Waals surface area contributed by atoms with Crippen LogP contribution in [0.3, 0.4) is 0 Å². The Kier molecular flexibility index (Phi) is 5.18. The van der Waals surface area contributed by atoms with Crippen LogP contribution in [-0.4, -0.2) is 5.91 Å². The van der Waals surface area contributed by atoms with E-state index in [4.69, 9.17) is 11.6 Å². The minimum Gasteiger partial charge on any atom is -0.348 e. The van der Waals surface area contributed by atoms with Crippen molar-refractivity contribution in [1.82, 2.24) is 5.32 Å². The Morgan fingerprint density at radius 1 is 1.23 bits per heavy atom. The molecular weight excluding hydrogens is 294 g/mol. The molecule has 2 nitrogen and oxygen atoms in total. The van der Waals surface area contributed by atoms with E-state index in [9.17, 15) is 4.79 Å². The molecular formula is C19H18ClNO. The minimum absolute atomic E-state index is 0.198. The van der Waals surface area contributed by atoms with Gasteiger partial charge in [-0.25, -0.2) is 0 Å². The zero-order valence-electron chi connectivity index (χ0n) is 12.5. The number of benzene rings is 2. The van der Waals surface area contributed by atoms with Gasteiger partial charge in [-0.1, -0.05) is 72.8 Å². The normalized spacial score (nSPS) is 10.1. The van der Waals surface area contributed by atoms with Crippen LogP contribution in [0.2, 0.25) is 5.02 Å². The number of hydrogen-bond acceptors (Lipinski definition) is 1. The maximum Gasteiger partial charge on any atom is 0.253 e. The first-order valence-corrected chi connectivity index (χ1v) is 7.34. The average molecular weight is 312 g/mol. The van der Waals surface area contributed by atoms with Crippen LogP contribution >= 0.6 is 11.6 Å². The first-order valence-electron chi connectivity index (χ1n) is 6.97. The van der Waals surface area contributed by atoms with Gasteiger partial charge in [-0.15, -0.1) is 0 Å². The van der Waals surface area contributed by atoms with Gasteiger partial charge in [0.05, 0.1) is 10.6 Å². The Labute approximate surface area is 136 Å². The molecule has 0 atom stereocenters. The number of hydrogen-bond donors (Lipinski definition) is 1. The van der Waals surface area contributed by atoms with Crippen molar-refractivity contribution in [1.29, 1.82) is 0 Å². The Hall–Kier alpha value is -2.32. The van der Waals surface area contributed by atoms with Crippen molar-refractivity contribution >= 4 is 29.2 Å². The van der Waals surface area contributed by atoms with Gasteiger partial charge in [-0.2, -0.15) is 0 Å². The second-order valence-corrected chi connectivity index (χ2v) is 5.48. The molecule has 0 saturated heterocycles. The molecule has 2 aromatic rings. The molecule has 0 heterocycles. The summed E-state index contributed by atoms with van der Waals surface area (Å²) in [5.41, 5.74) is 4.11. The number of carbonyl (C=O) groups is 1. The fraction of sp³-hybridized carbons (Fsp3) is 0.105. The number of amides is 1. The molecule has 1 amide bonds. The van der Waals surface area contributed by atoms with E-state index in [-0.39, 0.29) is 5.91 Å². The zero-order chi connectivity index (χ0) is 16.1. The highest BCUT2D eigenvalue weighted by atomic mass is 35.5. The molecule has 0 bridgehead atoms. The average Bonchev–Trinajstić information content (AvgIpc) is 2.52. The lowest BCUT2D eigenvalue weighted by Crippen LogP contribution is -2.24.